The zero-order valence-electron chi connectivity index (χ0n) is 15.3. The predicted octanol–water partition coefficient (Wildman–Crippen LogP) is 6.17. The molecule has 0 saturated heterocycles. The largest absolute Gasteiger partial charge is 0.490 e. The first-order chi connectivity index (χ1) is 12.8. The average molecular weight is 365 g/mol. The third kappa shape index (κ3) is 4.79. The summed E-state index contributed by atoms with van der Waals surface area (Å²) in [6.45, 7) is 4.79. The molecule has 0 aliphatic heterocycles. The van der Waals surface area contributed by atoms with E-state index < -0.39 is 0 Å². The lowest BCUT2D eigenvalue weighted by atomic mass is 10.0. The van der Waals surface area contributed by atoms with E-state index in [1.165, 1.54) is 24.0 Å². The first-order valence-electron chi connectivity index (χ1n) is 9.07. The molecule has 4 heteroatoms. The second-order valence-electron chi connectivity index (χ2n) is 6.09. The van der Waals surface area contributed by atoms with E-state index in [2.05, 4.69) is 53.5 Å². The smallest absolute Gasteiger partial charge is 0.147 e. The van der Waals surface area contributed by atoms with Gasteiger partial charge in [-0.3, -0.25) is 0 Å². The molecule has 0 unspecified atom stereocenters. The van der Waals surface area contributed by atoms with Crippen LogP contribution in [0.2, 0.25) is 0 Å². The monoisotopic (exact) mass is 364 g/mol. The lowest BCUT2D eigenvalue weighted by Crippen LogP contribution is -1.92. The van der Waals surface area contributed by atoms with Crippen LogP contribution in [0.3, 0.4) is 0 Å². The molecule has 134 valence electrons. The number of allylic oxidation sites excluding steroid dienone is 1. The van der Waals surface area contributed by atoms with Gasteiger partial charge in [-0.2, -0.15) is 0 Å². The van der Waals surface area contributed by atoms with Gasteiger partial charge in [0, 0.05) is 12.0 Å². The van der Waals surface area contributed by atoms with Crippen molar-refractivity contribution in [1.29, 1.82) is 0 Å². The predicted molar refractivity (Wildman–Crippen MR) is 110 cm³/mol. The fourth-order valence-electron chi connectivity index (χ4n) is 2.59. The molecule has 26 heavy (non-hydrogen) atoms. The number of aromatic nitrogens is 2. The summed E-state index contributed by atoms with van der Waals surface area (Å²) in [7, 11) is 0. The van der Waals surface area contributed by atoms with Crippen LogP contribution < -0.4 is 4.74 Å². The molecule has 3 rings (SSSR count). The third-order valence-corrected chi connectivity index (χ3v) is 5.14. The van der Waals surface area contributed by atoms with Crippen LogP contribution in [0.4, 0.5) is 0 Å². The standard InChI is InChI=1S/C22H24N2OS/c1-3-5-7-21-23-24-22(26-21)19-10-8-17(9-11-19)18-12-14-20(15-13-18)25-16-6-4-2/h4,6,8-15H,3,5,7,16H2,1-2H3. The van der Waals surface area contributed by atoms with Crippen LogP contribution in [0.15, 0.2) is 60.7 Å². The average Bonchev–Trinajstić information content (AvgIpc) is 3.16. The minimum atomic E-state index is 0.604. The van der Waals surface area contributed by atoms with Crippen LogP contribution >= 0.6 is 11.3 Å². The SMILES string of the molecule is CC=CCOc1ccc(-c2ccc(-c3nnc(CCCC)s3)cc2)cc1. The molecule has 1 heterocycles. The van der Waals surface area contributed by atoms with Crippen molar-refractivity contribution in [1.82, 2.24) is 10.2 Å². The maximum Gasteiger partial charge on any atom is 0.147 e. The molecule has 0 spiro atoms. The molecular formula is C22H24N2OS. The molecule has 0 N–H and O–H groups in total. The Morgan fingerprint density at radius 3 is 2.23 bits per heavy atom. The van der Waals surface area contributed by atoms with Crippen molar-refractivity contribution in [2.24, 2.45) is 0 Å². The summed E-state index contributed by atoms with van der Waals surface area (Å²) in [5.74, 6) is 0.886. The third-order valence-electron chi connectivity index (χ3n) is 4.11. The van der Waals surface area contributed by atoms with E-state index >= 15 is 0 Å². The maximum absolute atomic E-state index is 5.64. The molecule has 3 aromatic rings. The molecule has 0 bridgehead atoms. The number of nitrogens with zero attached hydrogens (tertiary/aromatic N) is 2. The van der Waals surface area contributed by atoms with Gasteiger partial charge in [-0.25, -0.2) is 0 Å². The fourth-order valence-corrected chi connectivity index (χ4v) is 3.48. The molecular weight excluding hydrogens is 340 g/mol. The molecule has 0 saturated carbocycles. The highest BCUT2D eigenvalue weighted by atomic mass is 32.1. The normalized spacial score (nSPS) is 11.2. The van der Waals surface area contributed by atoms with Crippen molar-refractivity contribution < 1.29 is 4.74 Å². The summed E-state index contributed by atoms with van der Waals surface area (Å²) in [6.07, 6.45) is 7.36. The Kier molecular flexibility index (Phi) is 6.56. The summed E-state index contributed by atoms with van der Waals surface area (Å²) in [5, 5.41) is 10.8. The Morgan fingerprint density at radius 2 is 1.58 bits per heavy atom. The number of benzene rings is 2. The van der Waals surface area contributed by atoms with Crippen molar-refractivity contribution in [2.45, 2.75) is 33.1 Å². The summed E-state index contributed by atoms with van der Waals surface area (Å²) in [6, 6.07) is 16.7. The number of rotatable bonds is 8. The van der Waals surface area contributed by atoms with Crippen molar-refractivity contribution >= 4 is 11.3 Å². The van der Waals surface area contributed by atoms with E-state index in [1.807, 2.05) is 31.2 Å². The molecule has 0 radical (unpaired) electrons. The van der Waals surface area contributed by atoms with Gasteiger partial charge in [0.25, 0.3) is 0 Å². The number of aryl methyl sites for hydroxylation is 1. The van der Waals surface area contributed by atoms with E-state index in [0.29, 0.717) is 6.61 Å². The van der Waals surface area contributed by atoms with Crippen molar-refractivity contribution in [2.75, 3.05) is 6.61 Å². The van der Waals surface area contributed by atoms with Gasteiger partial charge in [0.1, 0.15) is 22.4 Å². The second-order valence-corrected chi connectivity index (χ2v) is 7.15. The van der Waals surface area contributed by atoms with Crippen LogP contribution in [-0.2, 0) is 6.42 Å². The van der Waals surface area contributed by atoms with E-state index in [0.717, 1.165) is 27.7 Å². The molecule has 0 amide bonds. The fraction of sp³-hybridized carbons (Fsp3) is 0.273. The molecule has 0 aliphatic carbocycles. The zero-order valence-corrected chi connectivity index (χ0v) is 16.1. The molecule has 2 aromatic carbocycles. The Balaban J connectivity index is 1.68. The molecule has 0 aliphatic rings. The quantitative estimate of drug-likeness (QED) is 0.448. The Bertz CT molecular complexity index is 835. The van der Waals surface area contributed by atoms with Gasteiger partial charge in [0.05, 0.1) is 0 Å². The molecule has 1 aromatic heterocycles. The highest BCUT2D eigenvalue weighted by molar-refractivity contribution is 7.14. The second kappa shape index (κ2) is 9.30. The Labute approximate surface area is 159 Å². The van der Waals surface area contributed by atoms with Crippen LogP contribution in [0.25, 0.3) is 21.7 Å². The number of hydrogen-bond donors (Lipinski definition) is 0. The first-order valence-corrected chi connectivity index (χ1v) is 9.89. The van der Waals surface area contributed by atoms with Crippen LogP contribution in [0.1, 0.15) is 31.7 Å². The molecule has 0 atom stereocenters. The summed E-state index contributed by atoms with van der Waals surface area (Å²) >= 11 is 1.69. The van der Waals surface area contributed by atoms with Gasteiger partial charge in [-0.05, 0) is 36.6 Å². The van der Waals surface area contributed by atoms with E-state index in [9.17, 15) is 0 Å². The topological polar surface area (TPSA) is 35.0 Å². The van der Waals surface area contributed by atoms with Gasteiger partial charge < -0.3 is 4.74 Å². The first kappa shape index (κ1) is 18.3. The highest BCUT2D eigenvalue weighted by Gasteiger charge is 2.07. The van der Waals surface area contributed by atoms with Gasteiger partial charge in [0.2, 0.25) is 0 Å². The van der Waals surface area contributed by atoms with Crippen molar-refractivity contribution in [3.63, 3.8) is 0 Å². The summed E-state index contributed by atoms with van der Waals surface area (Å²) in [5.41, 5.74) is 3.49. The minimum absolute atomic E-state index is 0.604. The summed E-state index contributed by atoms with van der Waals surface area (Å²) in [4.78, 5) is 0. The van der Waals surface area contributed by atoms with Crippen molar-refractivity contribution in [3.05, 3.63) is 65.7 Å². The number of hydrogen-bond acceptors (Lipinski definition) is 4. The lowest BCUT2D eigenvalue weighted by Gasteiger charge is -2.06. The minimum Gasteiger partial charge on any atom is -0.490 e. The van der Waals surface area contributed by atoms with Gasteiger partial charge in [0.15, 0.2) is 0 Å². The van der Waals surface area contributed by atoms with Gasteiger partial charge >= 0.3 is 0 Å². The zero-order chi connectivity index (χ0) is 18.2. The van der Waals surface area contributed by atoms with Gasteiger partial charge in [-0.15, -0.1) is 10.2 Å². The Morgan fingerprint density at radius 1 is 0.923 bits per heavy atom. The maximum atomic E-state index is 5.64. The van der Waals surface area contributed by atoms with Crippen LogP contribution in [0.5, 0.6) is 5.75 Å². The van der Waals surface area contributed by atoms with E-state index in [-0.39, 0.29) is 0 Å². The highest BCUT2D eigenvalue weighted by Crippen LogP contribution is 2.28. The van der Waals surface area contributed by atoms with Crippen LogP contribution in [0, 0.1) is 0 Å². The number of unbranched alkanes of at least 4 members (excludes halogenated alkanes) is 1. The van der Waals surface area contributed by atoms with E-state index in [4.69, 9.17) is 4.74 Å². The number of ether oxygens (including phenoxy) is 1. The van der Waals surface area contributed by atoms with Crippen LogP contribution in [-0.4, -0.2) is 16.8 Å². The summed E-state index contributed by atoms with van der Waals surface area (Å²) < 4.78 is 5.64. The van der Waals surface area contributed by atoms with E-state index in [1.54, 1.807) is 11.3 Å². The molecule has 0 fully saturated rings. The van der Waals surface area contributed by atoms with Crippen molar-refractivity contribution in [3.8, 4) is 27.4 Å². The lowest BCUT2D eigenvalue weighted by molar-refractivity contribution is 0.363. The Hall–Kier alpha value is -2.46. The molecule has 3 nitrogen and oxygen atoms in total. The van der Waals surface area contributed by atoms with Gasteiger partial charge in [-0.1, -0.05) is 73.2 Å².